The summed E-state index contributed by atoms with van der Waals surface area (Å²) in [6.07, 6.45) is 5.10. The van der Waals surface area contributed by atoms with Gasteiger partial charge in [0, 0.05) is 80.6 Å². The number of aliphatic hydroxyl groups excluding tert-OH is 2. The lowest BCUT2D eigenvalue weighted by molar-refractivity contribution is 0.220. The molecule has 164 valence electrons. The van der Waals surface area contributed by atoms with Gasteiger partial charge in [-0.15, -0.1) is 0 Å². The molecule has 0 fully saturated rings. The molecule has 0 amide bonds. The number of benzene rings is 2. The maximum atomic E-state index is 11.2. The second kappa shape index (κ2) is 8.94. The van der Waals surface area contributed by atoms with E-state index >= 15 is 0 Å². The van der Waals surface area contributed by atoms with Gasteiger partial charge >= 0.3 is 0 Å². The highest BCUT2D eigenvalue weighted by Gasteiger charge is 2.24. The highest BCUT2D eigenvalue weighted by molar-refractivity contribution is 6.06. The molecular formula is C26H28N4O2. The number of hydrogen-bond donors (Lipinski definition) is 2. The van der Waals surface area contributed by atoms with Crippen LogP contribution in [0.1, 0.15) is 34.5 Å². The van der Waals surface area contributed by atoms with E-state index in [2.05, 4.69) is 9.97 Å². The number of rotatable bonds is 6. The Labute approximate surface area is 188 Å². The van der Waals surface area contributed by atoms with E-state index in [1.807, 2.05) is 86.5 Å². The van der Waals surface area contributed by atoms with Crippen molar-refractivity contribution in [3.8, 4) is 0 Å². The Morgan fingerprint density at radius 2 is 1.09 bits per heavy atom. The van der Waals surface area contributed by atoms with Crippen LogP contribution in [0.15, 0.2) is 73.3 Å². The normalized spacial score (nSPS) is 13.1. The quantitative estimate of drug-likeness (QED) is 0.485. The van der Waals surface area contributed by atoms with Gasteiger partial charge < -0.3 is 20.0 Å². The Hall–Kier alpha value is -3.48. The monoisotopic (exact) mass is 428 g/mol. The predicted molar refractivity (Wildman–Crippen MR) is 129 cm³/mol. The highest BCUT2D eigenvalue weighted by atomic mass is 16.3. The summed E-state index contributed by atoms with van der Waals surface area (Å²) in [5.74, 6) is 0. The van der Waals surface area contributed by atoms with E-state index in [9.17, 15) is 10.2 Å². The van der Waals surface area contributed by atoms with Gasteiger partial charge in [-0.1, -0.05) is 36.4 Å². The van der Waals surface area contributed by atoms with E-state index in [1.165, 1.54) is 0 Å². The fourth-order valence-electron chi connectivity index (χ4n) is 4.25. The third-order valence-corrected chi connectivity index (χ3v) is 5.68. The van der Waals surface area contributed by atoms with Crippen LogP contribution >= 0.6 is 0 Å². The van der Waals surface area contributed by atoms with Gasteiger partial charge in [-0.3, -0.25) is 9.97 Å². The molecule has 2 aromatic carbocycles. The first-order valence-electron chi connectivity index (χ1n) is 10.5. The first kappa shape index (κ1) is 21.7. The van der Waals surface area contributed by atoms with E-state index in [-0.39, 0.29) is 0 Å². The summed E-state index contributed by atoms with van der Waals surface area (Å²) in [5, 5.41) is 24.5. The van der Waals surface area contributed by atoms with Crippen molar-refractivity contribution in [2.24, 2.45) is 0 Å². The zero-order valence-electron chi connectivity index (χ0n) is 18.8. The molecule has 0 aliphatic rings. The maximum Gasteiger partial charge on any atom is 0.108 e. The lowest BCUT2D eigenvalue weighted by atomic mass is 9.91. The number of aromatic nitrogens is 2. The lowest BCUT2D eigenvalue weighted by Gasteiger charge is -2.29. The Morgan fingerprint density at radius 1 is 0.656 bits per heavy atom. The van der Waals surface area contributed by atoms with Crippen LogP contribution in [0.4, 0.5) is 11.4 Å². The van der Waals surface area contributed by atoms with Gasteiger partial charge in [0.05, 0.1) is 11.4 Å². The average molecular weight is 429 g/mol. The minimum atomic E-state index is -0.826. The van der Waals surface area contributed by atoms with Crippen molar-refractivity contribution < 1.29 is 10.2 Å². The van der Waals surface area contributed by atoms with E-state index in [0.717, 1.165) is 44.4 Å². The summed E-state index contributed by atoms with van der Waals surface area (Å²) < 4.78 is 0. The van der Waals surface area contributed by atoms with E-state index in [4.69, 9.17) is 0 Å². The molecule has 2 atom stereocenters. The lowest BCUT2D eigenvalue weighted by Crippen LogP contribution is -2.18. The Bertz CT molecular complexity index is 1120. The van der Waals surface area contributed by atoms with Crippen molar-refractivity contribution in [3.05, 3.63) is 95.6 Å². The summed E-state index contributed by atoms with van der Waals surface area (Å²) in [6, 6.07) is 15.4. The van der Waals surface area contributed by atoms with Gasteiger partial charge in [0.25, 0.3) is 0 Å². The zero-order chi connectivity index (χ0) is 22.8. The van der Waals surface area contributed by atoms with Gasteiger partial charge in [-0.2, -0.15) is 0 Å². The molecule has 0 aliphatic carbocycles. The molecule has 2 N–H and O–H groups in total. The molecule has 6 nitrogen and oxygen atoms in total. The van der Waals surface area contributed by atoms with Crippen LogP contribution in [0.3, 0.4) is 0 Å². The zero-order valence-corrected chi connectivity index (χ0v) is 18.8. The van der Waals surface area contributed by atoms with Gasteiger partial charge in [0.15, 0.2) is 0 Å². The summed E-state index contributed by atoms with van der Waals surface area (Å²) in [7, 11) is 7.88. The maximum absolute atomic E-state index is 11.2. The SMILES string of the molecule is CN(C)c1c(C(O)c2cccnc2)ccc2ccc(C(O)c3cccnc3)c(N(C)C)c12. The minimum Gasteiger partial charge on any atom is -0.384 e. The van der Waals surface area contributed by atoms with Crippen molar-refractivity contribution in [2.45, 2.75) is 12.2 Å². The van der Waals surface area contributed by atoms with E-state index < -0.39 is 12.2 Å². The molecule has 0 saturated heterocycles. The Kier molecular flexibility index (Phi) is 6.08. The number of hydrogen-bond acceptors (Lipinski definition) is 6. The second-order valence-corrected chi connectivity index (χ2v) is 8.27. The fraction of sp³-hybridized carbons (Fsp3) is 0.231. The average Bonchev–Trinajstić information content (AvgIpc) is 2.82. The highest BCUT2D eigenvalue weighted by Crippen LogP contribution is 2.44. The molecule has 0 spiro atoms. The molecule has 6 heteroatoms. The third-order valence-electron chi connectivity index (χ3n) is 5.68. The summed E-state index contributed by atoms with van der Waals surface area (Å²) in [4.78, 5) is 12.4. The smallest absolute Gasteiger partial charge is 0.108 e. The number of aliphatic hydroxyl groups is 2. The number of nitrogens with zero attached hydrogens (tertiary/aromatic N) is 4. The fourth-order valence-corrected chi connectivity index (χ4v) is 4.25. The van der Waals surface area contributed by atoms with Gasteiger partial charge in [-0.25, -0.2) is 0 Å². The minimum absolute atomic E-state index is 0.730. The molecule has 2 unspecified atom stereocenters. The molecule has 2 aromatic heterocycles. The van der Waals surface area contributed by atoms with Crippen LogP contribution < -0.4 is 9.80 Å². The topological polar surface area (TPSA) is 72.7 Å². The first-order valence-corrected chi connectivity index (χ1v) is 10.5. The number of anilines is 2. The van der Waals surface area contributed by atoms with Crippen LogP contribution in [0.25, 0.3) is 10.8 Å². The van der Waals surface area contributed by atoms with Crippen LogP contribution in [0.5, 0.6) is 0 Å². The molecule has 0 radical (unpaired) electrons. The Balaban J connectivity index is 2.00. The molecule has 0 bridgehead atoms. The third kappa shape index (κ3) is 3.90. The van der Waals surface area contributed by atoms with Crippen molar-refractivity contribution in [1.29, 1.82) is 0 Å². The van der Waals surface area contributed by atoms with Gasteiger partial charge in [0.1, 0.15) is 12.2 Å². The Morgan fingerprint density at radius 3 is 1.44 bits per heavy atom. The van der Waals surface area contributed by atoms with Crippen LogP contribution in [-0.2, 0) is 0 Å². The van der Waals surface area contributed by atoms with Crippen molar-refractivity contribution in [2.75, 3.05) is 38.0 Å². The van der Waals surface area contributed by atoms with Crippen LogP contribution in [-0.4, -0.2) is 48.4 Å². The molecular weight excluding hydrogens is 400 g/mol. The van der Waals surface area contributed by atoms with E-state index in [0.29, 0.717) is 0 Å². The van der Waals surface area contributed by atoms with Crippen molar-refractivity contribution in [3.63, 3.8) is 0 Å². The second-order valence-electron chi connectivity index (χ2n) is 8.27. The molecule has 0 saturated carbocycles. The van der Waals surface area contributed by atoms with Crippen molar-refractivity contribution in [1.82, 2.24) is 9.97 Å². The summed E-state index contributed by atoms with van der Waals surface area (Å²) in [6.45, 7) is 0. The summed E-state index contributed by atoms with van der Waals surface area (Å²) >= 11 is 0. The molecule has 4 aromatic rings. The van der Waals surface area contributed by atoms with Crippen LogP contribution in [0.2, 0.25) is 0 Å². The van der Waals surface area contributed by atoms with Gasteiger partial charge in [-0.05, 0) is 17.5 Å². The molecule has 32 heavy (non-hydrogen) atoms. The first-order chi connectivity index (χ1) is 15.4. The van der Waals surface area contributed by atoms with Gasteiger partial charge in [0.2, 0.25) is 0 Å². The van der Waals surface area contributed by atoms with Crippen LogP contribution in [0, 0.1) is 0 Å². The summed E-state index contributed by atoms with van der Waals surface area (Å²) in [5.41, 5.74) is 4.84. The number of fused-ring (bicyclic) bond motifs is 1. The standard InChI is InChI=1S/C26H28N4O2/c1-29(2)23-20(25(31)18-7-5-13-27-15-18)11-9-17-10-12-21(24(22(17)23)30(3)4)26(32)19-8-6-14-28-16-19/h5-16,25-26,31-32H,1-4H3. The van der Waals surface area contributed by atoms with E-state index in [1.54, 1.807) is 24.8 Å². The largest absolute Gasteiger partial charge is 0.384 e. The number of pyridine rings is 2. The molecule has 0 aliphatic heterocycles. The van der Waals surface area contributed by atoms with Crippen molar-refractivity contribution >= 4 is 22.1 Å². The predicted octanol–water partition coefficient (Wildman–Crippen LogP) is 3.93. The molecule has 4 rings (SSSR count). The molecule has 2 heterocycles.